The van der Waals surface area contributed by atoms with Crippen LogP contribution >= 0.6 is 11.6 Å². The number of rotatable bonds is 7. The Labute approximate surface area is 204 Å². The number of carbonyl (C=O) groups is 2. The maximum Gasteiger partial charge on any atom is 0.269 e. The highest BCUT2D eigenvalue weighted by atomic mass is 35.5. The molecule has 2 N–H and O–H groups in total. The summed E-state index contributed by atoms with van der Waals surface area (Å²) < 4.78 is 6.56. The first kappa shape index (κ1) is 24.0. The molecule has 1 saturated heterocycles. The Morgan fingerprint density at radius 3 is 2.59 bits per heavy atom. The third-order valence-corrected chi connectivity index (χ3v) is 7.22. The number of aromatic nitrogens is 2. The van der Waals surface area contributed by atoms with Gasteiger partial charge in [0.25, 0.3) is 5.91 Å². The molecule has 1 aromatic carbocycles. The molecule has 34 heavy (non-hydrogen) atoms. The molecule has 2 fully saturated rings. The van der Waals surface area contributed by atoms with Crippen LogP contribution in [-0.2, 0) is 10.4 Å². The number of piperidine rings is 1. The van der Waals surface area contributed by atoms with E-state index < -0.39 is 11.5 Å². The van der Waals surface area contributed by atoms with E-state index >= 15 is 0 Å². The van der Waals surface area contributed by atoms with E-state index in [1.165, 1.54) is 0 Å². The fraction of sp³-hybridized carbons (Fsp3) is 0.480. The van der Waals surface area contributed by atoms with Crippen molar-refractivity contribution >= 4 is 29.6 Å². The molecular weight excluding hydrogens is 454 g/mol. The molecule has 0 bridgehead atoms. The Bertz CT molecular complexity index is 1100. The van der Waals surface area contributed by atoms with Crippen molar-refractivity contribution in [3.63, 3.8) is 0 Å². The van der Waals surface area contributed by atoms with Gasteiger partial charge in [-0.05, 0) is 62.6 Å². The molecule has 1 amide bonds. The number of aldehydes is 1. The van der Waals surface area contributed by atoms with E-state index in [9.17, 15) is 14.9 Å². The second kappa shape index (κ2) is 10.4. The van der Waals surface area contributed by atoms with Gasteiger partial charge in [0.05, 0.1) is 10.6 Å². The second-order valence-corrected chi connectivity index (χ2v) is 9.48. The maximum absolute atomic E-state index is 12.4. The number of hydrogen-bond acceptors (Lipinski definition) is 7. The number of halogens is 1. The fourth-order valence-electron chi connectivity index (χ4n) is 5.02. The number of benzene rings is 1. The number of nitrogens with zero attached hydrogens (tertiary/aromatic N) is 4. The summed E-state index contributed by atoms with van der Waals surface area (Å²) in [5.74, 6) is 0.940. The third kappa shape index (κ3) is 5.00. The lowest BCUT2D eigenvalue weighted by atomic mass is 9.78. The van der Waals surface area contributed by atoms with Gasteiger partial charge in [-0.2, -0.15) is 5.26 Å². The van der Waals surface area contributed by atoms with Crippen LogP contribution in [-0.4, -0.2) is 35.5 Å². The number of ether oxygens (including phenoxy) is 1. The van der Waals surface area contributed by atoms with Crippen LogP contribution < -0.4 is 15.4 Å². The Morgan fingerprint density at radius 1 is 1.24 bits per heavy atom. The monoisotopic (exact) mass is 481 g/mol. The van der Waals surface area contributed by atoms with Crippen LogP contribution in [0.15, 0.2) is 24.3 Å². The van der Waals surface area contributed by atoms with E-state index in [4.69, 9.17) is 22.1 Å². The highest BCUT2D eigenvalue weighted by Gasteiger charge is 2.40. The number of nitriles is 1. The molecule has 2 heterocycles. The van der Waals surface area contributed by atoms with Crippen LogP contribution in [0.1, 0.15) is 73.0 Å². The van der Waals surface area contributed by atoms with Gasteiger partial charge in [0, 0.05) is 31.1 Å². The molecule has 1 aliphatic heterocycles. The molecule has 4 rings (SSSR count). The van der Waals surface area contributed by atoms with Crippen LogP contribution in [0.3, 0.4) is 0 Å². The van der Waals surface area contributed by atoms with Crippen LogP contribution in [0.25, 0.3) is 0 Å². The Kier molecular flexibility index (Phi) is 7.32. The highest BCUT2D eigenvalue weighted by Crippen LogP contribution is 2.43. The van der Waals surface area contributed by atoms with Crippen LogP contribution in [0.5, 0.6) is 5.75 Å². The molecule has 2 aliphatic rings. The first-order valence-electron chi connectivity index (χ1n) is 11.7. The first-order valence-corrected chi connectivity index (χ1v) is 12.1. The van der Waals surface area contributed by atoms with E-state index in [2.05, 4.69) is 21.2 Å². The quantitative estimate of drug-likeness (QED) is 0.589. The maximum atomic E-state index is 12.4. The lowest BCUT2D eigenvalue weighted by Gasteiger charge is -2.39. The Morgan fingerprint density at radius 2 is 1.97 bits per heavy atom. The second-order valence-electron chi connectivity index (χ2n) is 9.07. The van der Waals surface area contributed by atoms with Crippen molar-refractivity contribution in [1.82, 2.24) is 10.2 Å². The molecule has 1 aliphatic carbocycles. The van der Waals surface area contributed by atoms with Crippen LogP contribution in [0, 0.1) is 17.2 Å². The minimum atomic E-state index is -0.805. The molecule has 178 valence electrons. The van der Waals surface area contributed by atoms with Crippen molar-refractivity contribution < 1.29 is 14.3 Å². The van der Waals surface area contributed by atoms with Gasteiger partial charge in [0.1, 0.15) is 23.7 Å². The van der Waals surface area contributed by atoms with Crippen molar-refractivity contribution in [2.24, 2.45) is 11.7 Å². The lowest BCUT2D eigenvalue weighted by Crippen LogP contribution is -2.40. The van der Waals surface area contributed by atoms with Crippen LogP contribution in [0.2, 0.25) is 5.02 Å². The minimum Gasteiger partial charge on any atom is -0.482 e. The summed E-state index contributed by atoms with van der Waals surface area (Å²) in [6.07, 6.45) is 7.68. The number of hydrogen-bond donors (Lipinski definition) is 1. The summed E-state index contributed by atoms with van der Waals surface area (Å²) in [6.45, 7) is 1.53. The van der Waals surface area contributed by atoms with E-state index in [1.807, 2.05) is 6.07 Å². The predicted molar refractivity (Wildman–Crippen MR) is 128 cm³/mol. The largest absolute Gasteiger partial charge is 0.482 e. The molecular formula is C25H28ClN5O3. The summed E-state index contributed by atoms with van der Waals surface area (Å²) in [4.78, 5) is 25.4. The Hall–Kier alpha value is -3.18. The van der Waals surface area contributed by atoms with Crippen molar-refractivity contribution in [2.75, 3.05) is 18.0 Å². The van der Waals surface area contributed by atoms with Crippen molar-refractivity contribution in [1.29, 1.82) is 5.26 Å². The van der Waals surface area contributed by atoms with Gasteiger partial charge in [0.2, 0.25) is 0 Å². The fourth-order valence-corrected chi connectivity index (χ4v) is 5.24. The highest BCUT2D eigenvalue weighted by molar-refractivity contribution is 6.31. The standard InChI is InChI=1S/C25H28ClN5O3/c26-21-14-19(5-4-18(21)16-27)34-25(9-2-1-3-10-25)20-15-22(29-30-23(20)24(28)33)31-11-6-17(7-12-31)8-13-32/h4-5,13-15,17H,1-3,6-12H2,(H2,28,33). The normalized spacial score (nSPS) is 18.2. The van der Waals surface area contributed by atoms with Crippen molar-refractivity contribution in [3.8, 4) is 11.8 Å². The van der Waals surface area contributed by atoms with Gasteiger partial charge in [0.15, 0.2) is 11.5 Å². The molecule has 2 aromatic rings. The van der Waals surface area contributed by atoms with Gasteiger partial charge in [-0.3, -0.25) is 4.79 Å². The molecule has 0 unspecified atom stereocenters. The average Bonchev–Trinajstić information content (AvgIpc) is 2.85. The number of nitrogens with two attached hydrogens (primary N) is 1. The average molecular weight is 482 g/mol. The van der Waals surface area contributed by atoms with Gasteiger partial charge in [-0.25, -0.2) is 0 Å². The smallest absolute Gasteiger partial charge is 0.269 e. The van der Waals surface area contributed by atoms with E-state index in [-0.39, 0.29) is 5.69 Å². The summed E-state index contributed by atoms with van der Waals surface area (Å²) in [5.41, 5.74) is 6.03. The molecule has 9 heteroatoms. The zero-order chi connectivity index (χ0) is 24.1. The van der Waals surface area contributed by atoms with Crippen molar-refractivity contribution in [3.05, 3.63) is 46.1 Å². The number of anilines is 1. The summed E-state index contributed by atoms with van der Waals surface area (Å²) >= 11 is 6.25. The van der Waals surface area contributed by atoms with Crippen LogP contribution in [0.4, 0.5) is 5.82 Å². The molecule has 1 saturated carbocycles. The SMILES string of the molecule is N#Cc1ccc(OC2(c3cc(N4CCC(CC=O)CC4)nnc3C(N)=O)CCCCC2)cc1Cl. The molecule has 8 nitrogen and oxygen atoms in total. The molecule has 1 aromatic heterocycles. The van der Waals surface area contributed by atoms with Gasteiger partial charge >= 0.3 is 0 Å². The zero-order valence-corrected chi connectivity index (χ0v) is 19.8. The lowest BCUT2D eigenvalue weighted by molar-refractivity contribution is -0.108. The minimum absolute atomic E-state index is 0.112. The van der Waals surface area contributed by atoms with Gasteiger partial charge in [-0.1, -0.05) is 18.0 Å². The zero-order valence-electron chi connectivity index (χ0n) is 19.0. The van der Waals surface area contributed by atoms with E-state index in [0.717, 1.165) is 51.5 Å². The summed E-state index contributed by atoms with van der Waals surface area (Å²) in [6, 6.07) is 8.93. The van der Waals surface area contributed by atoms with Crippen molar-refractivity contribution in [2.45, 2.75) is 57.0 Å². The van der Waals surface area contributed by atoms with E-state index in [0.29, 0.717) is 52.9 Å². The molecule has 0 radical (unpaired) electrons. The molecule has 0 atom stereocenters. The first-order chi connectivity index (χ1) is 16.5. The van der Waals surface area contributed by atoms with Gasteiger partial charge in [-0.15, -0.1) is 10.2 Å². The summed E-state index contributed by atoms with van der Waals surface area (Å²) in [5, 5.41) is 18.1. The number of amides is 1. The van der Waals surface area contributed by atoms with E-state index in [1.54, 1.807) is 18.2 Å². The van der Waals surface area contributed by atoms with Gasteiger partial charge < -0.3 is 20.2 Å². The number of carbonyl (C=O) groups excluding carboxylic acids is 2. The third-order valence-electron chi connectivity index (χ3n) is 6.91. The topological polar surface area (TPSA) is 122 Å². The molecule has 0 spiro atoms. The summed E-state index contributed by atoms with van der Waals surface area (Å²) in [7, 11) is 0. The Balaban J connectivity index is 1.71. The predicted octanol–water partition coefficient (Wildman–Crippen LogP) is 4.14. The number of primary amides is 1.